The second kappa shape index (κ2) is 5.29. The Labute approximate surface area is 126 Å². The molecule has 0 atom stereocenters. The molecular weight excluding hydrogens is 284 g/mol. The molecule has 1 aromatic carbocycles. The fourth-order valence-corrected chi connectivity index (χ4v) is 2.99. The Kier molecular flexibility index (Phi) is 3.47. The lowest BCUT2D eigenvalue weighted by Gasteiger charge is -2.10. The van der Waals surface area contributed by atoms with Gasteiger partial charge < -0.3 is 4.57 Å². The monoisotopic (exact) mass is 300 g/mol. The third-order valence-electron chi connectivity index (χ3n) is 3.30. The van der Waals surface area contributed by atoms with Crippen molar-refractivity contribution in [3.05, 3.63) is 41.2 Å². The van der Waals surface area contributed by atoms with Gasteiger partial charge >= 0.3 is 0 Å². The Morgan fingerprint density at radius 3 is 2.86 bits per heavy atom. The predicted octanol–water partition coefficient (Wildman–Crippen LogP) is 3.63. The minimum absolute atomic E-state index is 0.163. The topological polar surface area (TPSA) is 59.8 Å². The highest BCUT2D eigenvalue weighted by molar-refractivity contribution is 7.13. The number of fused-ring (bicyclic) bond motifs is 1. The Morgan fingerprint density at radius 1 is 1.38 bits per heavy atom. The molecule has 0 aliphatic carbocycles. The number of nitrogens with one attached hydrogen (secondary N) is 1. The first-order valence-corrected chi connectivity index (χ1v) is 7.63. The Bertz CT molecular complexity index is 789. The normalized spacial score (nSPS) is 11.2. The summed E-state index contributed by atoms with van der Waals surface area (Å²) < 4.78 is 2.16. The second-order valence-electron chi connectivity index (χ2n) is 5.12. The molecule has 0 aliphatic heterocycles. The largest absolute Gasteiger partial charge is 0.326 e. The van der Waals surface area contributed by atoms with Crippen LogP contribution in [0.5, 0.6) is 0 Å². The zero-order valence-corrected chi connectivity index (χ0v) is 12.9. The second-order valence-corrected chi connectivity index (χ2v) is 6.01. The molecule has 108 valence electrons. The van der Waals surface area contributed by atoms with Gasteiger partial charge in [0.1, 0.15) is 5.82 Å². The lowest BCUT2D eigenvalue weighted by Crippen LogP contribution is -2.11. The van der Waals surface area contributed by atoms with E-state index in [1.807, 2.05) is 30.5 Å². The van der Waals surface area contributed by atoms with E-state index in [0.29, 0.717) is 16.7 Å². The van der Waals surface area contributed by atoms with E-state index in [1.54, 1.807) is 6.20 Å². The number of aromatic nitrogens is 3. The van der Waals surface area contributed by atoms with E-state index in [4.69, 9.17) is 0 Å². The molecule has 0 unspecified atom stereocenters. The van der Waals surface area contributed by atoms with Crippen LogP contribution in [0.25, 0.3) is 11.0 Å². The average molecular weight is 300 g/mol. The smallest absolute Gasteiger partial charge is 0.257 e. The van der Waals surface area contributed by atoms with Crippen molar-refractivity contribution < 1.29 is 4.79 Å². The highest BCUT2D eigenvalue weighted by Crippen LogP contribution is 2.22. The number of hydrogen-bond acceptors (Lipinski definition) is 4. The number of carbonyl (C=O) groups is 1. The fraction of sp³-hybridized carbons (Fsp3) is 0.267. The van der Waals surface area contributed by atoms with Crippen LogP contribution < -0.4 is 5.32 Å². The zero-order chi connectivity index (χ0) is 15.0. The average Bonchev–Trinajstić information content (AvgIpc) is 3.03. The van der Waals surface area contributed by atoms with E-state index in [1.165, 1.54) is 11.3 Å². The molecule has 1 amide bonds. The summed E-state index contributed by atoms with van der Waals surface area (Å²) >= 11 is 1.40. The molecule has 0 aliphatic rings. The lowest BCUT2D eigenvalue weighted by molar-refractivity contribution is 0.102. The Hall–Kier alpha value is -2.21. The summed E-state index contributed by atoms with van der Waals surface area (Å²) in [6, 6.07) is 5.94. The highest BCUT2D eigenvalue weighted by Gasteiger charge is 2.13. The van der Waals surface area contributed by atoms with Gasteiger partial charge in [0.2, 0.25) is 0 Å². The summed E-state index contributed by atoms with van der Waals surface area (Å²) in [4.78, 5) is 20.8. The van der Waals surface area contributed by atoms with E-state index < -0.39 is 0 Å². The standard InChI is InChI=1S/C15H16N4OS/c1-9(2)19-10(3)17-12-8-11(4-5-13(12)19)14(20)18-15-16-6-7-21-15/h4-9H,1-3H3,(H,16,18,20). The molecule has 0 saturated carbocycles. The fourth-order valence-electron chi connectivity index (χ4n) is 2.47. The van der Waals surface area contributed by atoms with Gasteiger partial charge in [-0.1, -0.05) is 0 Å². The van der Waals surface area contributed by atoms with Crippen LogP contribution in [0.2, 0.25) is 0 Å². The van der Waals surface area contributed by atoms with Crippen molar-refractivity contribution in [1.82, 2.24) is 14.5 Å². The number of rotatable bonds is 3. The number of imidazole rings is 1. The molecule has 21 heavy (non-hydrogen) atoms. The van der Waals surface area contributed by atoms with Crippen LogP contribution in [0.1, 0.15) is 36.1 Å². The van der Waals surface area contributed by atoms with E-state index >= 15 is 0 Å². The molecule has 2 heterocycles. The first-order valence-electron chi connectivity index (χ1n) is 6.75. The number of thiazole rings is 1. The maximum Gasteiger partial charge on any atom is 0.257 e. The van der Waals surface area contributed by atoms with Crippen LogP contribution in [-0.2, 0) is 0 Å². The molecule has 3 aromatic rings. The number of amides is 1. The van der Waals surface area contributed by atoms with Crippen molar-refractivity contribution >= 4 is 33.4 Å². The van der Waals surface area contributed by atoms with E-state index in [-0.39, 0.29) is 5.91 Å². The van der Waals surface area contributed by atoms with Crippen LogP contribution >= 0.6 is 11.3 Å². The van der Waals surface area contributed by atoms with Crippen LogP contribution in [0.15, 0.2) is 29.8 Å². The van der Waals surface area contributed by atoms with Gasteiger partial charge in [-0.2, -0.15) is 0 Å². The summed E-state index contributed by atoms with van der Waals surface area (Å²) in [5.41, 5.74) is 2.48. The first-order chi connectivity index (χ1) is 10.1. The summed E-state index contributed by atoms with van der Waals surface area (Å²) in [6.45, 7) is 6.23. The zero-order valence-electron chi connectivity index (χ0n) is 12.1. The third-order valence-corrected chi connectivity index (χ3v) is 3.99. The number of carbonyl (C=O) groups excluding carboxylic acids is 1. The van der Waals surface area contributed by atoms with Gasteiger partial charge in [0.05, 0.1) is 11.0 Å². The van der Waals surface area contributed by atoms with Gasteiger partial charge in [-0.25, -0.2) is 9.97 Å². The van der Waals surface area contributed by atoms with Crippen molar-refractivity contribution in [2.24, 2.45) is 0 Å². The molecule has 2 aromatic heterocycles. The van der Waals surface area contributed by atoms with Crippen molar-refractivity contribution in [2.75, 3.05) is 5.32 Å². The van der Waals surface area contributed by atoms with E-state index in [2.05, 4.69) is 33.7 Å². The van der Waals surface area contributed by atoms with Gasteiger partial charge in [0, 0.05) is 23.2 Å². The molecule has 1 N–H and O–H groups in total. The van der Waals surface area contributed by atoms with Gasteiger partial charge in [-0.15, -0.1) is 11.3 Å². The van der Waals surface area contributed by atoms with Crippen LogP contribution in [0.4, 0.5) is 5.13 Å². The highest BCUT2D eigenvalue weighted by atomic mass is 32.1. The third kappa shape index (κ3) is 2.54. The molecule has 0 saturated heterocycles. The Morgan fingerprint density at radius 2 is 2.19 bits per heavy atom. The van der Waals surface area contributed by atoms with E-state index in [0.717, 1.165) is 16.9 Å². The summed E-state index contributed by atoms with van der Waals surface area (Å²) in [6.07, 6.45) is 1.66. The van der Waals surface area contributed by atoms with Crippen LogP contribution in [0, 0.1) is 6.92 Å². The predicted molar refractivity (Wildman–Crippen MR) is 84.9 cm³/mol. The maximum atomic E-state index is 12.2. The number of benzene rings is 1. The van der Waals surface area contributed by atoms with Gasteiger partial charge in [-0.05, 0) is 39.0 Å². The molecule has 5 nitrogen and oxygen atoms in total. The van der Waals surface area contributed by atoms with Crippen LogP contribution in [0.3, 0.4) is 0 Å². The first kappa shape index (κ1) is 13.8. The molecule has 0 bridgehead atoms. The van der Waals surface area contributed by atoms with Crippen molar-refractivity contribution in [3.63, 3.8) is 0 Å². The summed E-state index contributed by atoms with van der Waals surface area (Å²) in [5.74, 6) is 0.793. The SMILES string of the molecule is Cc1nc2cc(C(=O)Nc3nccs3)ccc2n1C(C)C. The molecular formula is C15H16N4OS. The van der Waals surface area contributed by atoms with Crippen LogP contribution in [-0.4, -0.2) is 20.4 Å². The van der Waals surface area contributed by atoms with Gasteiger partial charge in [0.15, 0.2) is 5.13 Å². The quantitative estimate of drug-likeness (QED) is 0.803. The summed E-state index contributed by atoms with van der Waals surface area (Å²) in [5, 5.41) is 5.21. The summed E-state index contributed by atoms with van der Waals surface area (Å²) in [7, 11) is 0. The minimum Gasteiger partial charge on any atom is -0.326 e. The number of aryl methyl sites for hydroxylation is 1. The van der Waals surface area contributed by atoms with Crippen molar-refractivity contribution in [2.45, 2.75) is 26.8 Å². The maximum absolute atomic E-state index is 12.2. The number of anilines is 1. The van der Waals surface area contributed by atoms with E-state index in [9.17, 15) is 4.79 Å². The number of nitrogens with zero attached hydrogens (tertiary/aromatic N) is 3. The molecule has 3 rings (SSSR count). The molecule has 0 fully saturated rings. The molecule has 0 spiro atoms. The minimum atomic E-state index is -0.163. The van der Waals surface area contributed by atoms with Gasteiger partial charge in [-0.3, -0.25) is 10.1 Å². The van der Waals surface area contributed by atoms with Gasteiger partial charge in [0.25, 0.3) is 5.91 Å². The van der Waals surface area contributed by atoms with Crippen molar-refractivity contribution in [3.8, 4) is 0 Å². The lowest BCUT2D eigenvalue weighted by atomic mass is 10.2. The Balaban J connectivity index is 1.96. The molecule has 6 heteroatoms. The number of hydrogen-bond donors (Lipinski definition) is 1. The molecule has 0 radical (unpaired) electrons. The van der Waals surface area contributed by atoms with Crippen molar-refractivity contribution in [1.29, 1.82) is 0 Å².